The van der Waals surface area contributed by atoms with Crippen molar-refractivity contribution in [2.45, 2.75) is 32.1 Å². The molecule has 1 aromatic rings. The van der Waals surface area contributed by atoms with Crippen molar-refractivity contribution in [2.24, 2.45) is 0 Å². The molecule has 6 heteroatoms. The van der Waals surface area contributed by atoms with Crippen LogP contribution in [0.2, 0.25) is 0 Å². The molecular formula is C11H18O4S2. The largest absolute Gasteiger partial charge is 0.493 e. The van der Waals surface area contributed by atoms with Gasteiger partial charge >= 0.3 is 0 Å². The van der Waals surface area contributed by atoms with E-state index in [1.54, 1.807) is 11.3 Å². The third-order valence-corrected chi connectivity index (χ3v) is 3.78. The molecule has 0 aliphatic rings. The topological polar surface area (TPSA) is 63.6 Å². The van der Waals surface area contributed by atoms with Crippen LogP contribution in [0.1, 0.15) is 32.1 Å². The van der Waals surface area contributed by atoms with Gasteiger partial charge in [0.15, 0.2) is 0 Å². The van der Waals surface area contributed by atoms with Crippen LogP contribution in [0.25, 0.3) is 0 Å². The summed E-state index contributed by atoms with van der Waals surface area (Å²) in [7, 11) is -3.77. The third-order valence-electron chi connectivity index (χ3n) is 2.31. The number of hydrogen-bond donors (Lipinski definition) is 1. The van der Waals surface area contributed by atoms with E-state index in [1.807, 2.05) is 16.8 Å². The Kier molecular flexibility index (Phi) is 6.54. The van der Waals surface area contributed by atoms with Crippen LogP contribution in [0.5, 0.6) is 5.75 Å². The fourth-order valence-electron chi connectivity index (χ4n) is 1.44. The van der Waals surface area contributed by atoms with Gasteiger partial charge in [-0.05, 0) is 24.3 Å². The van der Waals surface area contributed by atoms with E-state index in [0.717, 1.165) is 31.4 Å². The molecule has 0 aromatic carbocycles. The van der Waals surface area contributed by atoms with Crippen LogP contribution >= 0.6 is 11.3 Å². The zero-order valence-corrected chi connectivity index (χ0v) is 11.3. The predicted octanol–water partition coefficient (Wildman–Crippen LogP) is 2.97. The number of unbranched alkanes of at least 4 members (excludes halogenated alkanes) is 4. The summed E-state index contributed by atoms with van der Waals surface area (Å²) in [6.45, 7) is 0.703. The molecule has 0 amide bonds. The van der Waals surface area contributed by atoms with Crippen molar-refractivity contribution in [1.82, 2.24) is 0 Å². The van der Waals surface area contributed by atoms with Crippen molar-refractivity contribution in [2.75, 3.05) is 12.4 Å². The Morgan fingerprint density at radius 2 is 1.88 bits per heavy atom. The quantitative estimate of drug-likeness (QED) is 0.557. The van der Waals surface area contributed by atoms with Gasteiger partial charge in [-0.2, -0.15) is 8.42 Å². The SMILES string of the molecule is O=S(=O)(O)CCCCCCCOc1ccsc1. The Balaban J connectivity index is 1.88. The Labute approximate surface area is 106 Å². The average molecular weight is 278 g/mol. The smallest absolute Gasteiger partial charge is 0.264 e. The minimum absolute atomic E-state index is 0.127. The molecule has 1 rings (SSSR count). The van der Waals surface area contributed by atoms with E-state index in [1.165, 1.54) is 0 Å². The standard InChI is InChI=1S/C11H18O4S2/c12-17(13,14)9-5-3-1-2-4-7-15-11-6-8-16-10-11/h6,8,10H,1-5,7,9H2,(H,12,13,14). The molecule has 4 nitrogen and oxygen atoms in total. The molecule has 0 spiro atoms. The summed E-state index contributed by atoms with van der Waals surface area (Å²) in [5.74, 6) is 0.791. The van der Waals surface area contributed by atoms with Crippen LogP contribution in [0, 0.1) is 0 Å². The second-order valence-electron chi connectivity index (χ2n) is 3.86. The van der Waals surface area contributed by atoms with Gasteiger partial charge in [0, 0.05) is 5.38 Å². The fourth-order valence-corrected chi connectivity index (χ4v) is 2.58. The summed E-state index contributed by atoms with van der Waals surface area (Å²) in [6.07, 6.45) is 4.34. The van der Waals surface area contributed by atoms with Crippen LogP contribution in [0.15, 0.2) is 16.8 Å². The first-order chi connectivity index (χ1) is 8.08. The molecule has 0 fully saturated rings. The zero-order valence-electron chi connectivity index (χ0n) is 9.67. The summed E-state index contributed by atoms with van der Waals surface area (Å²) in [5.41, 5.74) is 0. The molecule has 0 radical (unpaired) electrons. The minimum atomic E-state index is -3.77. The van der Waals surface area contributed by atoms with Crippen molar-refractivity contribution in [3.05, 3.63) is 16.8 Å². The van der Waals surface area contributed by atoms with Crippen molar-refractivity contribution < 1.29 is 17.7 Å². The van der Waals surface area contributed by atoms with E-state index in [-0.39, 0.29) is 5.75 Å². The van der Waals surface area contributed by atoms with Crippen molar-refractivity contribution in [3.8, 4) is 5.75 Å². The van der Waals surface area contributed by atoms with Gasteiger partial charge in [0.2, 0.25) is 0 Å². The van der Waals surface area contributed by atoms with Gasteiger partial charge in [-0.25, -0.2) is 0 Å². The summed E-state index contributed by atoms with van der Waals surface area (Å²) in [5, 5.41) is 3.94. The first-order valence-electron chi connectivity index (χ1n) is 5.68. The normalized spacial score (nSPS) is 11.6. The molecule has 0 bridgehead atoms. The van der Waals surface area contributed by atoms with Gasteiger partial charge in [0.05, 0.1) is 12.4 Å². The molecule has 0 aliphatic carbocycles. The summed E-state index contributed by atoms with van der Waals surface area (Å²) < 4.78 is 34.9. The van der Waals surface area contributed by atoms with Gasteiger partial charge < -0.3 is 4.74 Å². The molecular weight excluding hydrogens is 260 g/mol. The second-order valence-corrected chi connectivity index (χ2v) is 6.21. The van der Waals surface area contributed by atoms with E-state index in [4.69, 9.17) is 9.29 Å². The van der Waals surface area contributed by atoms with Crippen LogP contribution in [-0.2, 0) is 10.1 Å². The predicted molar refractivity (Wildman–Crippen MR) is 69.3 cm³/mol. The summed E-state index contributed by atoms with van der Waals surface area (Å²) in [6, 6.07) is 1.94. The van der Waals surface area contributed by atoms with Crippen molar-refractivity contribution in [3.63, 3.8) is 0 Å². The number of hydrogen-bond acceptors (Lipinski definition) is 4. The van der Waals surface area contributed by atoms with Crippen molar-refractivity contribution in [1.29, 1.82) is 0 Å². The maximum absolute atomic E-state index is 10.4. The maximum Gasteiger partial charge on any atom is 0.264 e. The molecule has 1 heterocycles. The van der Waals surface area contributed by atoms with Crippen LogP contribution in [0.4, 0.5) is 0 Å². The molecule has 0 saturated heterocycles. The Morgan fingerprint density at radius 1 is 1.18 bits per heavy atom. The first-order valence-corrected chi connectivity index (χ1v) is 8.23. The molecule has 17 heavy (non-hydrogen) atoms. The maximum atomic E-state index is 10.4. The highest BCUT2D eigenvalue weighted by Crippen LogP contribution is 2.15. The molecule has 0 atom stereocenters. The Hall–Kier alpha value is -0.590. The van der Waals surface area contributed by atoms with Gasteiger partial charge in [-0.1, -0.05) is 19.3 Å². The lowest BCUT2D eigenvalue weighted by Crippen LogP contribution is -2.03. The lowest BCUT2D eigenvalue weighted by molar-refractivity contribution is 0.306. The van der Waals surface area contributed by atoms with Gasteiger partial charge in [-0.3, -0.25) is 4.55 Å². The average Bonchev–Trinajstić information content (AvgIpc) is 2.73. The fraction of sp³-hybridized carbons (Fsp3) is 0.636. The molecule has 0 saturated carbocycles. The van der Waals surface area contributed by atoms with E-state index in [2.05, 4.69) is 0 Å². The number of ether oxygens (including phenoxy) is 1. The van der Waals surface area contributed by atoms with Gasteiger partial charge in [0.1, 0.15) is 5.75 Å². The monoisotopic (exact) mass is 278 g/mol. The highest BCUT2D eigenvalue weighted by Gasteiger charge is 2.02. The molecule has 1 aromatic heterocycles. The number of rotatable bonds is 9. The summed E-state index contributed by atoms with van der Waals surface area (Å²) >= 11 is 1.61. The molecule has 98 valence electrons. The second kappa shape index (κ2) is 7.68. The summed E-state index contributed by atoms with van der Waals surface area (Å²) in [4.78, 5) is 0. The van der Waals surface area contributed by atoms with E-state index >= 15 is 0 Å². The van der Waals surface area contributed by atoms with Crippen molar-refractivity contribution >= 4 is 21.5 Å². The highest BCUT2D eigenvalue weighted by atomic mass is 32.2. The zero-order chi connectivity index (χ0) is 12.6. The Bertz CT molecular complexity index is 384. The minimum Gasteiger partial charge on any atom is -0.493 e. The molecule has 0 aliphatic heterocycles. The molecule has 1 N–H and O–H groups in total. The lowest BCUT2D eigenvalue weighted by Gasteiger charge is -2.03. The van der Waals surface area contributed by atoms with Crippen LogP contribution in [0.3, 0.4) is 0 Å². The Morgan fingerprint density at radius 3 is 2.53 bits per heavy atom. The van der Waals surface area contributed by atoms with Crippen LogP contribution < -0.4 is 4.74 Å². The van der Waals surface area contributed by atoms with E-state index < -0.39 is 10.1 Å². The van der Waals surface area contributed by atoms with Gasteiger partial charge in [-0.15, -0.1) is 11.3 Å². The van der Waals surface area contributed by atoms with Crippen LogP contribution in [-0.4, -0.2) is 25.3 Å². The highest BCUT2D eigenvalue weighted by molar-refractivity contribution is 7.85. The van der Waals surface area contributed by atoms with Gasteiger partial charge in [0.25, 0.3) is 10.1 Å². The van der Waals surface area contributed by atoms with E-state index in [0.29, 0.717) is 13.0 Å². The lowest BCUT2D eigenvalue weighted by atomic mass is 10.2. The third kappa shape index (κ3) is 8.18. The first kappa shape index (κ1) is 14.5. The number of thiophene rings is 1. The van der Waals surface area contributed by atoms with E-state index in [9.17, 15) is 8.42 Å². The molecule has 0 unspecified atom stereocenters.